The Hall–Kier alpha value is -2.31. The molecule has 7 heteroatoms. The second-order valence-electron chi connectivity index (χ2n) is 6.99. The minimum atomic E-state index is -0.378. The van der Waals surface area contributed by atoms with Gasteiger partial charge in [0.2, 0.25) is 5.91 Å². The van der Waals surface area contributed by atoms with Gasteiger partial charge in [-0.25, -0.2) is 4.39 Å². The van der Waals surface area contributed by atoms with Crippen molar-refractivity contribution in [3.63, 3.8) is 0 Å². The van der Waals surface area contributed by atoms with Gasteiger partial charge in [-0.1, -0.05) is 29.8 Å². The Morgan fingerprint density at radius 2 is 2.10 bits per heavy atom. The number of carbonyl (C=O) groups is 1. The van der Waals surface area contributed by atoms with E-state index in [0.717, 1.165) is 38.0 Å². The summed E-state index contributed by atoms with van der Waals surface area (Å²) in [4.78, 5) is 13.6. The molecular weight excluding hydrogens is 395 g/mol. The van der Waals surface area contributed by atoms with Gasteiger partial charge in [-0.2, -0.15) is 0 Å². The van der Waals surface area contributed by atoms with Crippen molar-refractivity contribution in [2.45, 2.75) is 32.4 Å². The number of halogens is 2. The molecule has 0 saturated carbocycles. The fraction of sp³-hybridized carbons (Fsp3) is 0.409. The minimum Gasteiger partial charge on any atom is -0.493 e. The monoisotopic (exact) mass is 420 g/mol. The normalized spacial score (nSPS) is 13.8. The molecule has 1 amide bonds. The molecule has 29 heavy (non-hydrogen) atoms. The molecular formula is C22H26ClFN2O3. The number of nitrogens with one attached hydrogen (secondary N) is 1. The molecule has 0 spiro atoms. The number of rotatable bonds is 10. The van der Waals surface area contributed by atoms with Crippen LogP contribution in [0.5, 0.6) is 11.5 Å². The number of para-hydroxylation sites is 1. The zero-order valence-corrected chi connectivity index (χ0v) is 17.3. The van der Waals surface area contributed by atoms with E-state index in [0.29, 0.717) is 35.1 Å². The van der Waals surface area contributed by atoms with Gasteiger partial charge in [0.15, 0.2) is 11.5 Å². The van der Waals surface area contributed by atoms with Crippen molar-refractivity contribution < 1.29 is 18.7 Å². The summed E-state index contributed by atoms with van der Waals surface area (Å²) in [6.07, 6.45) is 2.54. The number of methoxy groups -OCH3 is 1. The third kappa shape index (κ3) is 5.84. The van der Waals surface area contributed by atoms with Crippen molar-refractivity contribution >= 4 is 17.5 Å². The van der Waals surface area contributed by atoms with Crippen molar-refractivity contribution in [3.05, 3.63) is 58.4 Å². The highest BCUT2D eigenvalue weighted by atomic mass is 35.5. The quantitative estimate of drug-likeness (QED) is 0.586. The Labute approximate surface area is 175 Å². The van der Waals surface area contributed by atoms with Crippen LogP contribution in [0, 0.1) is 5.82 Å². The summed E-state index contributed by atoms with van der Waals surface area (Å²) >= 11 is 6.10. The Kier molecular flexibility index (Phi) is 7.72. The fourth-order valence-electron chi connectivity index (χ4n) is 3.37. The maximum Gasteiger partial charge on any atom is 0.222 e. The van der Waals surface area contributed by atoms with Crippen molar-refractivity contribution in [1.82, 2.24) is 10.2 Å². The summed E-state index contributed by atoms with van der Waals surface area (Å²) in [6, 6.07) is 9.97. The first-order chi connectivity index (χ1) is 14.1. The Morgan fingerprint density at radius 1 is 1.24 bits per heavy atom. The average molecular weight is 421 g/mol. The van der Waals surface area contributed by atoms with E-state index < -0.39 is 0 Å². The zero-order chi connectivity index (χ0) is 20.6. The van der Waals surface area contributed by atoms with Gasteiger partial charge in [0.25, 0.3) is 0 Å². The van der Waals surface area contributed by atoms with Crippen molar-refractivity contribution in [2.75, 3.05) is 26.7 Å². The number of nitrogens with zero attached hydrogens (tertiary/aromatic N) is 1. The summed E-state index contributed by atoms with van der Waals surface area (Å²) in [5.41, 5.74) is 1.66. The molecule has 0 aliphatic carbocycles. The molecule has 0 radical (unpaired) electrons. The topological polar surface area (TPSA) is 50.8 Å². The molecule has 2 aromatic carbocycles. The van der Waals surface area contributed by atoms with Gasteiger partial charge in [0.1, 0.15) is 12.4 Å². The first-order valence-electron chi connectivity index (χ1n) is 9.79. The molecule has 156 valence electrons. The average Bonchev–Trinajstić information content (AvgIpc) is 3.12. The number of hydrogen-bond acceptors (Lipinski definition) is 4. The Morgan fingerprint density at radius 3 is 2.83 bits per heavy atom. The van der Waals surface area contributed by atoms with Crippen LogP contribution in [-0.2, 0) is 17.9 Å². The van der Waals surface area contributed by atoms with Gasteiger partial charge < -0.3 is 19.7 Å². The molecule has 1 N–H and O–H groups in total. The van der Waals surface area contributed by atoms with E-state index in [1.54, 1.807) is 13.2 Å². The van der Waals surface area contributed by atoms with Gasteiger partial charge in [0, 0.05) is 37.2 Å². The lowest BCUT2D eigenvalue weighted by molar-refractivity contribution is -0.127. The summed E-state index contributed by atoms with van der Waals surface area (Å²) < 4.78 is 24.7. The number of benzene rings is 2. The second-order valence-corrected chi connectivity index (χ2v) is 7.39. The first-order valence-corrected chi connectivity index (χ1v) is 10.2. The van der Waals surface area contributed by atoms with Crippen molar-refractivity contribution in [3.8, 4) is 11.5 Å². The lowest BCUT2D eigenvalue weighted by atomic mass is 10.1. The van der Waals surface area contributed by atoms with Crippen LogP contribution < -0.4 is 14.8 Å². The lowest BCUT2D eigenvalue weighted by Gasteiger charge is -2.17. The van der Waals surface area contributed by atoms with Gasteiger partial charge >= 0.3 is 0 Å². The van der Waals surface area contributed by atoms with E-state index in [1.807, 2.05) is 23.1 Å². The summed E-state index contributed by atoms with van der Waals surface area (Å²) in [5.74, 6) is 1.15. The largest absolute Gasteiger partial charge is 0.493 e. The van der Waals surface area contributed by atoms with Crippen LogP contribution in [0.15, 0.2) is 36.4 Å². The van der Waals surface area contributed by atoms with Gasteiger partial charge in [-0.05, 0) is 37.6 Å². The molecule has 1 fully saturated rings. The molecule has 1 heterocycles. The number of ether oxygens (including phenoxy) is 2. The number of amides is 1. The number of likely N-dealkylation sites (tertiary alicyclic amines) is 1. The summed E-state index contributed by atoms with van der Waals surface area (Å²) in [7, 11) is 1.59. The predicted molar refractivity (Wildman–Crippen MR) is 111 cm³/mol. The molecule has 0 aromatic heterocycles. The molecule has 0 atom stereocenters. The zero-order valence-electron chi connectivity index (χ0n) is 16.5. The third-order valence-electron chi connectivity index (χ3n) is 4.94. The Balaban J connectivity index is 1.56. The molecule has 3 rings (SSSR count). The smallest absolute Gasteiger partial charge is 0.222 e. The van der Waals surface area contributed by atoms with E-state index in [9.17, 15) is 9.18 Å². The molecule has 2 aromatic rings. The van der Waals surface area contributed by atoms with Crippen LogP contribution >= 0.6 is 11.6 Å². The van der Waals surface area contributed by atoms with Crippen LogP contribution in [0.2, 0.25) is 5.02 Å². The van der Waals surface area contributed by atoms with Crippen LogP contribution in [0.3, 0.4) is 0 Å². The van der Waals surface area contributed by atoms with E-state index in [-0.39, 0.29) is 18.3 Å². The molecule has 1 saturated heterocycles. The van der Waals surface area contributed by atoms with Crippen molar-refractivity contribution in [2.24, 2.45) is 0 Å². The highest BCUT2D eigenvalue weighted by molar-refractivity contribution is 6.31. The molecule has 0 unspecified atom stereocenters. The van der Waals surface area contributed by atoms with Crippen LogP contribution in [0.25, 0.3) is 0 Å². The highest BCUT2D eigenvalue weighted by Crippen LogP contribution is 2.32. The van der Waals surface area contributed by atoms with Gasteiger partial charge in [0.05, 0.1) is 12.1 Å². The first kappa shape index (κ1) is 21.4. The van der Waals surface area contributed by atoms with Crippen LogP contribution in [-0.4, -0.2) is 37.6 Å². The summed E-state index contributed by atoms with van der Waals surface area (Å²) in [5, 5.41) is 3.73. The van der Waals surface area contributed by atoms with Crippen molar-refractivity contribution in [1.29, 1.82) is 0 Å². The third-order valence-corrected chi connectivity index (χ3v) is 5.29. The molecule has 0 bridgehead atoms. The maximum absolute atomic E-state index is 13.2. The van der Waals surface area contributed by atoms with Gasteiger partial charge in [-0.15, -0.1) is 0 Å². The number of hydrogen-bond donors (Lipinski definition) is 1. The van der Waals surface area contributed by atoms with E-state index >= 15 is 0 Å². The van der Waals surface area contributed by atoms with E-state index in [1.165, 1.54) is 12.1 Å². The molecule has 1 aliphatic heterocycles. The second kappa shape index (κ2) is 10.5. The van der Waals surface area contributed by atoms with E-state index in [4.69, 9.17) is 21.1 Å². The lowest BCUT2D eigenvalue weighted by Crippen LogP contribution is -2.28. The predicted octanol–water partition coefficient (Wildman–Crippen LogP) is 4.17. The maximum atomic E-state index is 13.2. The standard InChI is InChI=1S/C22H26ClFN2O3/c1-28-20-6-2-5-16(14-25-10-4-12-26-11-3-7-21(26)27)22(20)29-15-17-8-9-18(24)13-19(17)23/h2,5-6,8-9,13,25H,3-4,7,10-12,14-15H2,1H3. The fourth-order valence-corrected chi connectivity index (χ4v) is 3.59. The highest BCUT2D eigenvalue weighted by Gasteiger charge is 2.19. The SMILES string of the molecule is COc1cccc(CNCCCN2CCCC2=O)c1OCc1ccc(F)cc1Cl. The van der Waals surface area contributed by atoms with E-state index in [2.05, 4.69) is 5.32 Å². The van der Waals surface area contributed by atoms with Crippen LogP contribution in [0.1, 0.15) is 30.4 Å². The Bertz CT molecular complexity index is 847. The summed E-state index contributed by atoms with van der Waals surface area (Å²) in [6.45, 7) is 3.28. The van der Waals surface area contributed by atoms with Crippen LogP contribution in [0.4, 0.5) is 4.39 Å². The molecule has 1 aliphatic rings. The van der Waals surface area contributed by atoms with Gasteiger partial charge in [-0.3, -0.25) is 4.79 Å². The minimum absolute atomic E-state index is 0.212. The number of carbonyl (C=O) groups excluding carboxylic acids is 1. The molecule has 5 nitrogen and oxygen atoms in total.